The highest BCUT2D eigenvalue weighted by Crippen LogP contribution is 1.97. The van der Waals surface area contributed by atoms with Gasteiger partial charge in [0.15, 0.2) is 5.96 Å². The molecule has 6 N–H and O–H groups in total. The predicted molar refractivity (Wildman–Crippen MR) is 54.0 cm³/mol. The van der Waals surface area contributed by atoms with Gasteiger partial charge in [-0.1, -0.05) is 0 Å². The molecule has 76 valence electrons. The molecular formula is C8H13N5O. The summed E-state index contributed by atoms with van der Waals surface area (Å²) in [7, 11) is 0. The number of furan rings is 1. The standard InChI is InChI=1S/C8H13N5O/c9-7(10)5-13-8(11)12-4-6-2-1-3-14-6/h1-3H,4-5H2,(H3,9,10)(H3,11,12,13). The number of nitrogens with two attached hydrogens (primary N) is 2. The van der Waals surface area contributed by atoms with E-state index >= 15 is 0 Å². The molecule has 0 radical (unpaired) electrons. The molecule has 1 aromatic heterocycles. The van der Waals surface area contributed by atoms with Gasteiger partial charge in [-0.2, -0.15) is 0 Å². The average molecular weight is 195 g/mol. The number of aliphatic imine (C=N–C) groups is 1. The Bertz CT molecular complexity index is 316. The first-order valence-corrected chi connectivity index (χ1v) is 4.07. The van der Waals surface area contributed by atoms with Gasteiger partial charge >= 0.3 is 0 Å². The van der Waals surface area contributed by atoms with E-state index in [0.717, 1.165) is 5.76 Å². The van der Waals surface area contributed by atoms with Crippen LogP contribution in [-0.2, 0) is 6.54 Å². The van der Waals surface area contributed by atoms with Crippen molar-refractivity contribution in [3.63, 3.8) is 0 Å². The van der Waals surface area contributed by atoms with E-state index in [2.05, 4.69) is 10.3 Å². The smallest absolute Gasteiger partial charge is 0.189 e. The minimum absolute atomic E-state index is 0.0206. The summed E-state index contributed by atoms with van der Waals surface area (Å²) >= 11 is 0. The number of amidine groups is 1. The molecule has 0 aliphatic carbocycles. The molecule has 0 spiro atoms. The lowest BCUT2D eigenvalue weighted by Gasteiger charge is -2.02. The first-order valence-electron chi connectivity index (χ1n) is 4.07. The summed E-state index contributed by atoms with van der Waals surface area (Å²) in [6, 6.07) is 3.62. The van der Waals surface area contributed by atoms with Crippen molar-refractivity contribution < 1.29 is 4.42 Å². The minimum Gasteiger partial charge on any atom is -0.467 e. The lowest BCUT2D eigenvalue weighted by Crippen LogP contribution is -2.32. The van der Waals surface area contributed by atoms with Crippen LogP contribution in [0.3, 0.4) is 0 Å². The molecule has 0 saturated heterocycles. The van der Waals surface area contributed by atoms with Crippen LogP contribution in [0.2, 0.25) is 0 Å². The Balaban J connectivity index is 2.31. The van der Waals surface area contributed by atoms with E-state index in [1.165, 1.54) is 0 Å². The highest BCUT2D eigenvalue weighted by atomic mass is 16.3. The van der Waals surface area contributed by atoms with Gasteiger partial charge in [0.2, 0.25) is 0 Å². The maximum Gasteiger partial charge on any atom is 0.189 e. The van der Waals surface area contributed by atoms with Gasteiger partial charge in [0.1, 0.15) is 11.6 Å². The van der Waals surface area contributed by atoms with Gasteiger partial charge in [0, 0.05) is 0 Å². The SMILES string of the molecule is N=C(N)CN=C(N)NCc1ccco1. The van der Waals surface area contributed by atoms with Gasteiger partial charge < -0.3 is 21.2 Å². The summed E-state index contributed by atoms with van der Waals surface area (Å²) in [6.45, 7) is 0.581. The van der Waals surface area contributed by atoms with Gasteiger partial charge in [-0.15, -0.1) is 0 Å². The Kier molecular flexibility index (Phi) is 3.54. The van der Waals surface area contributed by atoms with E-state index in [1.807, 2.05) is 6.07 Å². The summed E-state index contributed by atoms with van der Waals surface area (Å²) < 4.78 is 5.07. The zero-order valence-corrected chi connectivity index (χ0v) is 7.66. The zero-order chi connectivity index (χ0) is 10.4. The molecule has 0 atom stereocenters. The van der Waals surface area contributed by atoms with Crippen molar-refractivity contribution in [2.75, 3.05) is 6.54 Å². The van der Waals surface area contributed by atoms with Crippen LogP contribution in [0.4, 0.5) is 0 Å². The largest absolute Gasteiger partial charge is 0.467 e. The Hall–Kier alpha value is -1.98. The van der Waals surface area contributed by atoms with Crippen LogP contribution in [0.1, 0.15) is 5.76 Å². The monoisotopic (exact) mass is 195 g/mol. The van der Waals surface area contributed by atoms with Gasteiger partial charge in [-0.3, -0.25) is 5.41 Å². The van der Waals surface area contributed by atoms with Crippen LogP contribution in [0, 0.1) is 5.41 Å². The van der Waals surface area contributed by atoms with Crippen LogP contribution >= 0.6 is 0 Å². The van der Waals surface area contributed by atoms with Crippen molar-refractivity contribution in [1.29, 1.82) is 5.41 Å². The third-order valence-corrected chi connectivity index (χ3v) is 1.44. The highest BCUT2D eigenvalue weighted by molar-refractivity contribution is 5.84. The summed E-state index contributed by atoms with van der Waals surface area (Å²) in [4.78, 5) is 3.82. The van der Waals surface area contributed by atoms with Gasteiger partial charge in [-0.05, 0) is 12.1 Å². The minimum atomic E-state index is -0.0206. The number of rotatable bonds is 4. The van der Waals surface area contributed by atoms with Crippen LogP contribution in [0.25, 0.3) is 0 Å². The van der Waals surface area contributed by atoms with E-state index in [-0.39, 0.29) is 18.3 Å². The molecule has 1 rings (SSSR count). The predicted octanol–water partition coefficient (Wildman–Crippen LogP) is -0.380. The molecule has 14 heavy (non-hydrogen) atoms. The van der Waals surface area contributed by atoms with Crippen molar-refractivity contribution in [3.8, 4) is 0 Å². The van der Waals surface area contributed by atoms with Crippen molar-refractivity contribution in [3.05, 3.63) is 24.2 Å². The van der Waals surface area contributed by atoms with Gasteiger partial charge in [0.25, 0.3) is 0 Å². The zero-order valence-electron chi connectivity index (χ0n) is 7.66. The highest BCUT2D eigenvalue weighted by Gasteiger charge is 1.95. The summed E-state index contributed by atoms with van der Waals surface area (Å²) in [6.07, 6.45) is 1.58. The van der Waals surface area contributed by atoms with Crippen LogP contribution in [-0.4, -0.2) is 18.3 Å². The second-order valence-electron chi connectivity index (χ2n) is 2.66. The van der Waals surface area contributed by atoms with Crippen molar-refractivity contribution >= 4 is 11.8 Å². The number of nitrogens with one attached hydrogen (secondary N) is 2. The molecule has 0 fully saturated rings. The lowest BCUT2D eigenvalue weighted by molar-refractivity contribution is 0.502. The second-order valence-corrected chi connectivity index (χ2v) is 2.66. The maximum atomic E-state index is 6.93. The third kappa shape index (κ3) is 3.61. The first kappa shape index (κ1) is 10.1. The Morgan fingerprint density at radius 3 is 2.93 bits per heavy atom. The molecule has 0 aliphatic heterocycles. The fourth-order valence-corrected chi connectivity index (χ4v) is 0.817. The van der Waals surface area contributed by atoms with Crippen LogP contribution in [0.15, 0.2) is 27.8 Å². The summed E-state index contributed by atoms with van der Waals surface area (Å²) in [5.41, 5.74) is 10.6. The molecule has 6 nitrogen and oxygen atoms in total. The lowest BCUT2D eigenvalue weighted by atomic mass is 10.4. The van der Waals surface area contributed by atoms with E-state index in [9.17, 15) is 0 Å². The quantitative estimate of drug-likeness (QED) is 0.387. The molecule has 0 aromatic carbocycles. The van der Waals surface area contributed by atoms with E-state index in [1.54, 1.807) is 12.3 Å². The summed E-state index contributed by atoms with van der Waals surface area (Å²) in [5, 5.41) is 9.75. The van der Waals surface area contributed by atoms with E-state index in [0.29, 0.717) is 6.54 Å². The van der Waals surface area contributed by atoms with Gasteiger partial charge in [0.05, 0.1) is 19.4 Å². The van der Waals surface area contributed by atoms with Crippen molar-refractivity contribution in [2.45, 2.75) is 6.54 Å². The number of hydrogen-bond acceptors (Lipinski definition) is 3. The normalized spacial score (nSPS) is 11.3. The molecule has 6 heteroatoms. The molecular weight excluding hydrogens is 182 g/mol. The molecule has 0 bridgehead atoms. The van der Waals surface area contributed by atoms with E-state index in [4.69, 9.17) is 21.3 Å². The first-order chi connectivity index (χ1) is 6.68. The Labute approximate surface area is 81.5 Å². The fourth-order valence-electron chi connectivity index (χ4n) is 0.817. The summed E-state index contributed by atoms with van der Waals surface area (Å²) in [5.74, 6) is 0.996. The maximum absolute atomic E-state index is 6.93. The molecule has 1 heterocycles. The molecule has 1 aromatic rings. The van der Waals surface area contributed by atoms with Crippen molar-refractivity contribution in [2.24, 2.45) is 16.5 Å². The molecule has 0 amide bonds. The molecule has 0 saturated carbocycles. The van der Waals surface area contributed by atoms with Crippen LogP contribution in [0.5, 0.6) is 0 Å². The Morgan fingerprint density at radius 2 is 2.36 bits per heavy atom. The van der Waals surface area contributed by atoms with Crippen molar-refractivity contribution in [1.82, 2.24) is 5.32 Å². The third-order valence-electron chi connectivity index (χ3n) is 1.44. The molecule has 0 unspecified atom stereocenters. The van der Waals surface area contributed by atoms with E-state index < -0.39 is 0 Å². The molecule has 0 aliphatic rings. The Morgan fingerprint density at radius 1 is 1.57 bits per heavy atom. The second kappa shape index (κ2) is 4.90. The fraction of sp³-hybridized carbons (Fsp3) is 0.250. The van der Waals surface area contributed by atoms with Crippen LogP contribution < -0.4 is 16.8 Å². The number of guanidine groups is 1. The topological polar surface area (TPSA) is 113 Å². The number of hydrogen-bond donors (Lipinski definition) is 4. The number of nitrogens with zero attached hydrogens (tertiary/aromatic N) is 1. The average Bonchev–Trinajstić information content (AvgIpc) is 2.63. The van der Waals surface area contributed by atoms with Gasteiger partial charge in [-0.25, -0.2) is 4.99 Å².